The maximum Gasteiger partial charge on any atom is 0.329 e. The Kier molecular flexibility index (Phi) is 6.80. The molecule has 1 unspecified atom stereocenters. The summed E-state index contributed by atoms with van der Waals surface area (Å²) in [5, 5.41) is 12.9. The van der Waals surface area contributed by atoms with Crippen molar-refractivity contribution in [1.82, 2.24) is 4.90 Å². The van der Waals surface area contributed by atoms with Crippen LogP contribution in [0.1, 0.15) is 41.0 Å². The van der Waals surface area contributed by atoms with E-state index in [0.717, 1.165) is 23.1 Å². The number of carbonyl (C=O) groups is 4. The van der Waals surface area contributed by atoms with Crippen LogP contribution in [0, 0.1) is 21.8 Å². The summed E-state index contributed by atoms with van der Waals surface area (Å²) < 4.78 is 18.9. The van der Waals surface area contributed by atoms with Gasteiger partial charge in [-0.2, -0.15) is 0 Å². The van der Waals surface area contributed by atoms with E-state index >= 15 is 0 Å². The number of benzene rings is 2. The quantitative estimate of drug-likeness (QED) is 0.279. The van der Waals surface area contributed by atoms with Crippen molar-refractivity contribution in [3.63, 3.8) is 0 Å². The molecule has 3 rings (SSSR count). The molecular formula is C22H20FN3O7. The van der Waals surface area contributed by atoms with E-state index in [9.17, 15) is 33.7 Å². The zero-order valence-electron chi connectivity index (χ0n) is 17.7. The number of halogens is 1. The zero-order valence-corrected chi connectivity index (χ0v) is 17.7. The van der Waals surface area contributed by atoms with Gasteiger partial charge in [-0.15, -0.1) is 0 Å². The zero-order chi connectivity index (χ0) is 24.3. The van der Waals surface area contributed by atoms with E-state index in [1.54, 1.807) is 26.0 Å². The van der Waals surface area contributed by atoms with Crippen LogP contribution in [-0.2, 0) is 14.3 Å². The molecule has 11 heteroatoms. The largest absolute Gasteiger partial charge is 0.454 e. The fraction of sp³-hybridized carbons (Fsp3) is 0.273. The fourth-order valence-corrected chi connectivity index (χ4v) is 3.39. The highest BCUT2D eigenvalue weighted by atomic mass is 19.1. The molecule has 0 saturated carbocycles. The van der Waals surface area contributed by atoms with Gasteiger partial charge in [-0.1, -0.05) is 26.0 Å². The molecule has 1 aliphatic rings. The predicted octanol–water partition coefficient (Wildman–Crippen LogP) is 2.93. The Balaban J connectivity index is 1.71. The van der Waals surface area contributed by atoms with E-state index in [1.807, 2.05) is 0 Å². The van der Waals surface area contributed by atoms with Gasteiger partial charge in [0.1, 0.15) is 11.9 Å². The van der Waals surface area contributed by atoms with Crippen molar-refractivity contribution in [1.29, 1.82) is 0 Å². The van der Waals surface area contributed by atoms with Gasteiger partial charge in [0.2, 0.25) is 0 Å². The SMILES string of the molecule is CC(C)CC(C(=O)OCC(=O)Nc1cc([N+](=O)[O-])ccc1F)N1C(=O)c2ccccc2C1=O. The topological polar surface area (TPSA) is 136 Å². The first-order valence-corrected chi connectivity index (χ1v) is 9.97. The molecule has 2 aromatic rings. The number of rotatable bonds is 8. The second kappa shape index (κ2) is 9.55. The number of nitro groups is 1. The number of nitrogens with one attached hydrogen (secondary N) is 1. The Morgan fingerprint density at radius 2 is 1.73 bits per heavy atom. The molecule has 0 fully saturated rings. The highest BCUT2D eigenvalue weighted by molar-refractivity contribution is 6.22. The maximum atomic E-state index is 13.9. The molecule has 1 heterocycles. The van der Waals surface area contributed by atoms with Crippen molar-refractivity contribution in [2.75, 3.05) is 11.9 Å². The summed E-state index contributed by atoms with van der Waals surface area (Å²) in [5.74, 6) is -4.22. The van der Waals surface area contributed by atoms with E-state index in [4.69, 9.17) is 4.74 Å². The van der Waals surface area contributed by atoms with Crippen LogP contribution in [0.3, 0.4) is 0 Å². The molecule has 0 bridgehead atoms. The van der Waals surface area contributed by atoms with Gasteiger partial charge in [0.25, 0.3) is 23.4 Å². The average Bonchev–Trinajstić information content (AvgIpc) is 3.02. The molecule has 1 atom stereocenters. The molecular weight excluding hydrogens is 437 g/mol. The maximum absolute atomic E-state index is 13.9. The smallest absolute Gasteiger partial charge is 0.329 e. The minimum atomic E-state index is -1.26. The normalized spacial score (nSPS) is 13.6. The minimum absolute atomic E-state index is 0.0975. The first-order chi connectivity index (χ1) is 15.6. The third-order valence-corrected chi connectivity index (χ3v) is 4.88. The molecule has 0 aliphatic carbocycles. The number of esters is 1. The van der Waals surface area contributed by atoms with Crippen molar-refractivity contribution in [2.24, 2.45) is 5.92 Å². The first kappa shape index (κ1) is 23.5. The molecule has 0 spiro atoms. The van der Waals surface area contributed by atoms with Crippen LogP contribution < -0.4 is 5.32 Å². The third kappa shape index (κ3) is 5.03. The molecule has 172 valence electrons. The van der Waals surface area contributed by atoms with E-state index < -0.39 is 58.5 Å². The standard InChI is InChI=1S/C22H20FN3O7/c1-12(2)9-18(25-20(28)14-5-3-4-6-15(14)21(25)29)22(30)33-11-19(27)24-17-10-13(26(31)32)7-8-16(17)23/h3-8,10,12,18H,9,11H2,1-2H3,(H,24,27). The summed E-state index contributed by atoms with van der Waals surface area (Å²) >= 11 is 0. The van der Waals surface area contributed by atoms with Gasteiger partial charge in [0.15, 0.2) is 6.61 Å². The van der Waals surface area contributed by atoms with Crippen LogP contribution in [0.15, 0.2) is 42.5 Å². The molecule has 3 amide bonds. The lowest BCUT2D eigenvalue weighted by atomic mass is 10.0. The Morgan fingerprint density at radius 3 is 2.27 bits per heavy atom. The monoisotopic (exact) mass is 457 g/mol. The lowest BCUT2D eigenvalue weighted by Gasteiger charge is -2.25. The lowest BCUT2D eigenvalue weighted by molar-refractivity contribution is -0.384. The van der Waals surface area contributed by atoms with Gasteiger partial charge < -0.3 is 10.1 Å². The Morgan fingerprint density at radius 1 is 1.12 bits per heavy atom. The minimum Gasteiger partial charge on any atom is -0.454 e. The number of carbonyl (C=O) groups excluding carboxylic acids is 4. The number of non-ortho nitro benzene ring substituents is 1. The van der Waals surface area contributed by atoms with Crippen LogP contribution in [0.25, 0.3) is 0 Å². The number of ether oxygens (including phenoxy) is 1. The number of fused-ring (bicyclic) bond motifs is 1. The van der Waals surface area contributed by atoms with Crippen LogP contribution in [0.4, 0.5) is 15.8 Å². The number of amides is 3. The Hall–Kier alpha value is -4.15. The molecule has 1 aliphatic heterocycles. The molecule has 0 aromatic heterocycles. The number of nitrogens with zero attached hydrogens (tertiary/aromatic N) is 2. The van der Waals surface area contributed by atoms with Crippen molar-refractivity contribution in [3.8, 4) is 0 Å². The van der Waals surface area contributed by atoms with Gasteiger partial charge in [-0.25, -0.2) is 9.18 Å². The summed E-state index contributed by atoms with van der Waals surface area (Å²) in [4.78, 5) is 61.3. The van der Waals surface area contributed by atoms with E-state index in [0.29, 0.717) is 0 Å². The molecule has 33 heavy (non-hydrogen) atoms. The average molecular weight is 457 g/mol. The number of hydrogen-bond donors (Lipinski definition) is 1. The fourth-order valence-electron chi connectivity index (χ4n) is 3.39. The van der Waals surface area contributed by atoms with Crippen LogP contribution >= 0.6 is 0 Å². The molecule has 10 nitrogen and oxygen atoms in total. The number of hydrogen-bond acceptors (Lipinski definition) is 7. The van der Waals surface area contributed by atoms with Crippen LogP contribution in [0.5, 0.6) is 0 Å². The molecule has 0 radical (unpaired) electrons. The predicted molar refractivity (Wildman–Crippen MR) is 113 cm³/mol. The molecule has 0 saturated heterocycles. The Bertz CT molecular complexity index is 1110. The van der Waals surface area contributed by atoms with Crippen LogP contribution in [-0.4, -0.2) is 46.2 Å². The number of nitro benzene ring substituents is 1. The lowest BCUT2D eigenvalue weighted by Crippen LogP contribution is -2.46. The molecule has 1 N–H and O–H groups in total. The number of anilines is 1. The summed E-state index contributed by atoms with van der Waals surface area (Å²) in [6, 6.07) is 7.48. The summed E-state index contributed by atoms with van der Waals surface area (Å²) in [6.45, 7) is 2.73. The second-order valence-electron chi connectivity index (χ2n) is 7.75. The van der Waals surface area contributed by atoms with E-state index in [1.165, 1.54) is 12.1 Å². The van der Waals surface area contributed by atoms with Gasteiger partial charge >= 0.3 is 5.97 Å². The van der Waals surface area contributed by atoms with Gasteiger partial charge in [0, 0.05) is 12.1 Å². The summed E-state index contributed by atoms with van der Waals surface area (Å²) in [7, 11) is 0. The van der Waals surface area contributed by atoms with Crippen molar-refractivity contribution in [2.45, 2.75) is 26.3 Å². The van der Waals surface area contributed by atoms with Gasteiger partial charge in [-0.3, -0.25) is 29.4 Å². The highest BCUT2D eigenvalue weighted by Gasteiger charge is 2.43. The third-order valence-electron chi connectivity index (χ3n) is 4.88. The Labute approximate surface area is 187 Å². The number of imide groups is 1. The van der Waals surface area contributed by atoms with Crippen LogP contribution in [0.2, 0.25) is 0 Å². The first-order valence-electron chi connectivity index (χ1n) is 9.97. The van der Waals surface area contributed by atoms with Gasteiger partial charge in [-0.05, 0) is 30.5 Å². The summed E-state index contributed by atoms with van der Waals surface area (Å²) in [5.41, 5.74) is -0.554. The van der Waals surface area contributed by atoms with Crippen molar-refractivity contribution >= 4 is 35.1 Å². The van der Waals surface area contributed by atoms with E-state index in [-0.39, 0.29) is 23.5 Å². The second-order valence-corrected chi connectivity index (χ2v) is 7.75. The molecule has 2 aromatic carbocycles. The van der Waals surface area contributed by atoms with Crippen molar-refractivity contribution in [3.05, 3.63) is 69.5 Å². The summed E-state index contributed by atoms with van der Waals surface area (Å²) in [6.07, 6.45) is 0.103. The highest BCUT2D eigenvalue weighted by Crippen LogP contribution is 2.27. The van der Waals surface area contributed by atoms with Gasteiger partial charge in [0.05, 0.1) is 21.7 Å². The van der Waals surface area contributed by atoms with E-state index in [2.05, 4.69) is 5.32 Å². The van der Waals surface area contributed by atoms with Crippen molar-refractivity contribution < 1.29 is 33.2 Å².